The molecule has 6 heteroatoms. The molecule has 0 amide bonds. The minimum Gasteiger partial charge on any atom is -0.460 e. The second-order valence-corrected chi connectivity index (χ2v) is 4.70. The van der Waals surface area contributed by atoms with Crippen LogP contribution in [-0.4, -0.2) is 26.9 Å². The number of rotatable bonds is 4. The molecule has 2 aromatic heterocycles. The lowest BCUT2D eigenvalue weighted by atomic mass is 10.1. The second kappa shape index (κ2) is 5.93. The average molecular weight is 299 g/mol. The minimum absolute atomic E-state index is 0.172. The monoisotopic (exact) mass is 299 g/mol. The van der Waals surface area contributed by atoms with Gasteiger partial charge in [0.25, 0.3) is 0 Å². The van der Waals surface area contributed by atoms with Gasteiger partial charge in [0.15, 0.2) is 0 Å². The fraction of sp³-hybridized carbons (Fsp3) is 0.188. The van der Waals surface area contributed by atoms with E-state index in [0.717, 1.165) is 0 Å². The highest BCUT2D eigenvalue weighted by molar-refractivity contribution is 5.87. The number of carbonyl (C=O) groups excluding carboxylic acids is 1. The maximum absolute atomic E-state index is 13.8. The van der Waals surface area contributed by atoms with Crippen LogP contribution in [-0.2, 0) is 11.2 Å². The van der Waals surface area contributed by atoms with Crippen LogP contribution in [0.4, 0.5) is 4.39 Å². The van der Waals surface area contributed by atoms with Crippen molar-refractivity contribution in [2.75, 3.05) is 6.61 Å². The van der Waals surface area contributed by atoms with Crippen LogP contribution in [0.15, 0.2) is 42.9 Å². The van der Waals surface area contributed by atoms with Crippen molar-refractivity contribution in [2.45, 2.75) is 13.3 Å². The number of benzene rings is 1. The van der Waals surface area contributed by atoms with Gasteiger partial charge in [0.1, 0.15) is 5.82 Å². The zero-order valence-electron chi connectivity index (χ0n) is 12.0. The molecule has 0 spiro atoms. The van der Waals surface area contributed by atoms with Crippen LogP contribution in [0.3, 0.4) is 0 Å². The fourth-order valence-corrected chi connectivity index (χ4v) is 2.29. The van der Waals surface area contributed by atoms with Crippen molar-refractivity contribution < 1.29 is 13.9 Å². The number of hydrogen-bond donors (Lipinski definition) is 0. The molecule has 0 saturated heterocycles. The van der Waals surface area contributed by atoms with E-state index in [-0.39, 0.29) is 24.7 Å². The van der Waals surface area contributed by atoms with Gasteiger partial charge in [-0.1, -0.05) is 18.2 Å². The van der Waals surface area contributed by atoms with Crippen molar-refractivity contribution in [2.24, 2.45) is 0 Å². The van der Waals surface area contributed by atoms with Gasteiger partial charge in [-0.25, -0.2) is 14.2 Å². The van der Waals surface area contributed by atoms with Crippen LogP contribution in [0.5, 0.6) is 0 Å². The first-order chi connectivity index (χ1) is 10.7. The van der Waals surface area contributed by atoms with Crippen LogP contribution in [0.1, 0.15) is 28.8 Å². The minimum atomic E-state index is -0.511. The zero-order chi connectivity index (χ0) is 15.5. The number of esters is 1. The summed E-state index contributed by atoms with van der Waals surface area (Å²) >= 11 is 0. The first kappa shape index (κ1) is 14.2. The highest BCUT2D eigenvalue weighted by atomic mass is 19.1. The first-order valence-corrected chi connectivity index (χ1v) is 6.92. The normalized spacial score (nSPS) is 10.8. The van der Waals surface area contributed by atoms with Gasteiger partial charge in [0.05, 0.1) is 24.0 Å². The Hall–Kier alpha value is -2.76. The highest BCUT2D eigenvalue weighted by Crippen LogP contribution is 2.18. The van der Waals surface area contributed by atoms with E-state index in [2.05, 4.69) is 9.97 Å². The van der Waals surface area contributed by atoms with Gasteiger partial charge >= 0.3 is 5.97 Å². The third-order valence-corrected chi connectivity index (χ3v) is 3.30. The Morgan fingerprint density at radius 3 is 2.95 bits per heavy atom. The molecule has 0 bridgehead atoms. The van der Waals surface area contributed by atoms with E-state index < -0.39 is 5.97 Å². The largest absolute Gasteiger partial charge is 0.460 e. The van der Waals surface area contributed by atoms with Gasteiger partial charge in [0.2, 0.25) is 5.82 Å². The van der Waals surface area contributed by atoms with Crippen molar-refractivity contribution >= 4 is 11.5 Å². The Balaban J connectivity index is 2.07. The SMILES string of the molecule is CCOC(=O)c1nc(Cc2ccccc2F)c2cnccn12. The molecule has 3 aromatic rings. The Morgan fingerprint density at radius 1 is 1.36 bits per heavy atom. The molecule has 22 heavy (non-hydrogen) atoms. The molecule has 0 saturated carbocycles. The molecule has 2 heterocycles. The van der Waals surface area contributed by atoms with Crippen LogP contribution in [0.2, 0.25) is 0 Å². The molecule has 3 rings (SSSR count). The maximum atomic E-state index is 13.8. The lowest BCUT2D eigenvalue weighted by Crippen LogP contribution is -2.09. The number of ether oxygens (including phenoxy) is 1. The van der Waals surface area contributed by atoms with E-state index in [1.54, 1.807) is 48.1 Å². The third-order valence-electron chi connectivity index (χ3n) is 3.30. The summed E-state index contributed by atoms with van der Waals surface area (Å²) in [6, 6.07) is 6.50. The van der Waals surface area contributed by atoms with Crippen molar-refractivity contribution in [3.63, 3.8) is 0 Å². The van der Waals surface area contributed by atoms with Crippen LogP contribution < -0.4 is 0 Å². The summed E-state index contributed by atoms with van der Waals surface area (Å²) in [6.07, 6.45) is 5.08. The Morgan fingerprint density at radius 2 is 2.18 bits per heavy atom. The summed E-state index contributed by atoms with van der Waals surface area (Å²) in [5, 5.41) is 0. The number of halogens is 1. The van der Waals surface area contributed by atoms with Crippen molar-refractivity contribution in [1.82, 2.24) is 14.4 Å². The molecule has 0 radical (unpaired) electrons. The highest BCUT2D eigenvalue weighted by Gasteiger charge is 2.19. The number of carbonyl (C=O) groups is 1. The summed E-state index contributed by atoms with van der Waals surface area (Å²) in [4.78, 5) is 20.4. The van der Waals surface area contributed by atoms with E-state index in [1.807, 2.05) is 0 Å². The van der Waals surface area contributed by atoms with Crippen LogP contribution in [0.25, 0.3) is 5.52 Å². The zero-order valence-corrected chi connectivity index (χ0v) is 12.0. The van der Waals surface area contributed by atoms with E-state index in [0.29, 0.717) is 16.8 Å². The molecular formula is C16H14FN3O2. The maximum Gasteiger partial charge on any atom is 0.374 e. The lowest BCUT2D eigenvalue weighted by molar-refractivity contribution is 0.0511. The van der Waals surface area contributed by atoms with Gasteiger partial charge in [-0.3, -0.25) is 9.38 Å². The van der Waals surface area contributed by atoms with Crippen molar-refractivity contribution in [3.05, 3.63) is 65.8 Å². The van der Waals surface area contributed by atoms with Gasteiger partial charge in [-0.15, -0.1) is 0 Å². The summed E-state index contributed by atoms with van der Waals surface area (Å²) in [6.45, 7) is 2.00. The Kier molecular flexibility index (Phi) is 3.82. The topological polar surface area (TPSA) is 56.5 Å². The van der Waals surface area contributed by atoms with E-state index in [4.69, 9.17) is 4.74 Å². The average Bonchev–Trinajstić information content (AvgIpc) is 2.89. The predicted molar refractivity (Wildman–Crippen MR) is 78.1 cm³/mol. The second-order valence-electron chi connectivity index (χ2n) is 4.70. The predicted octanol–water partition coefficient (Wildman–Crippen LogP) is 2.64. The van der Waals surface area contributed by atoms with Gasteiger partial charge in [-0.05, 0) is 18.6 Å². The summed E-state index contributed by atoms with van der Waals surface area (Å²) in [7, 11) is 0. The molecule has 0 aliphatic rings. The molecule has 0 aliphatic carbocycles. The lowest BCUT2D eigenvalue weighted by Gasteiger charge is -2.00. The van der Waals surface area contributed by atoms with E-state index in [1.165, 1.54) is 6.07 Å². The fourth-order valence-electron chi connectivity index (χ4n) is 2.29. The smallest absolute Gasteiger partial charge is 0.374 e. The van der Waals surface area contributed by atoms with E-state index in [9.17, 15) is 9.18 Å². The molecule has 0 aliphatic heterocycles. The van der Waals surface area contributed by atoms with Gasteiger partial charge in [-0.2, -0.15) is 0 Å². The molecule has 1 aromatic carbocycles. The van der Waals surface area contributed by atoms with Crippen LogP contribution in [0, 0.1) is 5.82 Å². The molecule has 5 nitrogen and oxygen atoms in total. The number of hydrogen-bond acceptors (Lipinski definition) is 4. The quantitative estimate of drug-likeness (QED) is 0.695. The number of imidazole rings is 1. The number of nitrogens with zero attached hydrogens (tertiary/aromatic N) is 3. The Bertz CT molecular complexity index is 829. The van der Waals surface area contributed by atoms with Gasteiger partial charge < -0.3 is 4.74 Å². The molecular weight excluding hydrogens is 285 g/mol. The van der Waals surface area contributed by atoms with Crippen LogP contribution >= 0.6 is 0 Å². The van der Waals surface area contributed by atoms with Crippen molar-refractivity contribution in [3.8, 4) is 0 Å². The molecule has 0 atom stereocenters. The summed E-state index contributed by atoms with van der Waals surface area (Å²) < 4.78 is 20.4. The molecule has 0 unspecified atom stereocenters. The molecule has 0 fully saturated rings. The summed E-state index contributed by atoms with van der Waals surface area (Å²) in [5.41, 5.74) is 1.76. The Labute approximate surface area is 126 Å². The number of aromatic nitrogens is 3. The van der Waals surface area contributed by atoms with E-state index >= 15 is 0 Å². The number of fused-ring (bicyclic) bond motifs is 1. The van der Waals surface area contributed by atoms with Crippen molar-refractivity contribution in [1.29, 1.82) is 0 Å². The standard InChI is InChI=1S/C16H14FN3O2/c1-2-22-16(21)15-19-13(14-10-18-7-8-20(14)15)9-11-5-3-4-6-12(11)17/h3-8,10H,2,9H2,1H3. The molecule has 0 N–H and O–H groups in total. The molecule has 112 valence electrons. The summed E-state index contributed by atoms with van der Waals surface area (Å²) in [5.74, 6) is -0.640. The first-order valence-electron chi connectivity index (χ1n) is 6.92. The van der Waals surface area contributed by atoms with Gasteiger partial charge in [0, 0.05) is 18.8 Å². The third kappa shape index (κ3) is 2.55.